The fourth-order valence-electron chi connectivity index (χ4n) is 3.37. The molecule has 0 spiro atoms. The van der Waals surface area contributed by atoms with Gasteiger partial charge in [-0.15, -0.1) is 17.9 Å². The molecule has 0 aliphatic heterocycles. The van der Waals surface area contributed by atoms with Gasteiger partial charge in [0.2, 0.25) is 0 Å². The van der Waals surface area contributed by atoms with Crippen molar-refractivity contribution in [2.45, 2.75) is 10.8 Å². The van der Waals surface area contributed by atoms with Crippen molar-refractivity contribution in [1.29, 1.82) is 0 Å². The summed E-state index contributed by atoms with van der Waals surface area (Å²) in [5.41, 5.74) is 1.00. The summed E-state index contributed by atoms with van der Waals surface area (Å²) < 4.78 is 31.4. The Bertz CT molecular complexity index is 1450. The topological polar surface area (TPSA) is 85.5 Å². The highest BCUT2D eigenvalue weighted by Crippen LogP contribution is 2.40. The predicted octanol–water partition coefficient (Wildman–Crippen LogP) is 6.58. The van der Waals surface area contributed by atoms with E-state index in [2.05, 4.69) is 6.58 Å². The Hall–Kier alpha value is -2.41. The Labute approximate surface area is 206 Å². The van der Waals surface area contributed by atoms with Gasteiger partial charge < -0.3 is 4.57 Å². The van der Waals surface area contributed by atoms with Gasteiger partial charge in [0.15, 0.2) is 0 Å². The van der Waals surface area contributed by atoms with E-state index in [1.807, 2.05) is 22.6 Å². The Morgan fingerprint density at radius 1 is 1.22 bits per heavy atom. The first kappa shape index (κ1) is 22.8. The third-order valence-electron chi connectivity index (χ3n) is 4.71. The number of benzene rings is 2. The first-order valence-electron chi connectivity index (χ1n) is 9.16. The van der Waals surface area contributed by atoms with Crippen LogP contribution in [0, 0.1) is 13.7 Å². The predicted molar refractivity (Wildman–Crippen MR) is 137 cm³/mol. The third-order valence-corrected chi connectivity index (χ3v) is 8.90. The molecule has 0 aliphatic carbocycles. The van der Waals surface area contributed by atoms with Crippen LogP contribution in [0.5, 0.6) is 0 Å². The molecule has 2 aromatic heterocycles. The van der Waals surface area contributed by atoms with Crippen molar-refractivity contribution in [2.24, 2.45) is 0 Å². The van der Waals surface area contributed by atoms with Crippen LogP contribution in [-0.4, -0.2) is 17.9 Å². The lowest BCUT2D eigenvalue weighted by molar-refractivity contribution is -0.384. The molecule has 0 aliphatic rings. The molecule has 2 heterocycles. The van der Waals surface area contributed by atoms with E-state index < -0.39 is 14.9 Å². The molecule has 0 saturated heterocycles. The van der Waals surface area contributed by atoms with Gasteiger partial charge in [0.25, 0.3) is 15.7 Å². The fourth-order valence-corrected chi connectivity index (χ4v) is 7.22. The largest absolute Gasteiger partial charge is 0.323 e. The number of anilines is 2. The lowest BCUT2D eigenvalue weighted by Gasteiger charge is -2.26. The lowest BCUT2D eigenvalue weighted by atomic mass is 10.2. The molecular formula is C21H15ClIN3O4S2. The Morgan fingerprint density at radius 2 is 2.00 bits per heavy atom. The van der Waals surface area contributed by atoms with Gasteiger partial charge in [-0.25, -0.2) is 4.31 Å². The van der Waals surface area contributed by atoms with E-state index in [-0.39, 0.29) is 9.90 Å². The molecular weight excluding hydrogens is 585 g/mol. The number of thiophene rings is 1. The minimum Gasteiger partial charge on any atom is -0.323 e. The SMILES string of the molecule is C=CCn1c(N(c2ccc(Cl)cc2I)S(=O)(=O)c2cccs2)cc2cc([N+](=O)[O-])ccc21. The van der Waals surface area contributed by atoms with Gasteiger partial charge >= 0.3 is 0 Å². The number of hydrogen-bond acceptors (Lipinski definition) is 5. The monoisotopic (exact) mass is 599 g/mol. The number of rotatable bonds is 7. The molecule has 0 fully saturated rings. The highest BCUT2D eigenvalue weighted by Gasteiger charge is 2.32. The van der Waals surface area contributed by atoms with Crippen molar-refractivity contribution in [3.63, 3.8) is 0 Å². The number of allylic oxidation sites excluding steroid dienone is 1. The van der Waals surface area contributed by atoms with Crippen molar-refractivity contribution in [3.8, 4) is 0 Å². The second kappa shape index (κ2) is 8.85. The summed E-state index contributed by atoms with van der Waals surface area (Å²) in [5, 5.41) is 14.0. The van der Waals surface area contributed by atoms with Crippen molar-refractivity contribution >= 4 is 83.6 Å². The molecule has 0 radical (unpaired) electrons. The molecule has 11 heteroatoms. The standard InChI is InChI=1S/C21H15ClIN3O4S2/c1-2-9-24-18-8-6-16(26(27)28)11-14(18)12-20(24)25(19-7-5-15(22)13-17(19)23)32(29,30)21-4-3-10-31-21/h2-8,10-13H,1,9H2. The van der Waals surface area contributed by atoms with Crippen LogP contribution in [0.2, 0.25) is 5.02 Å². The molecule has 4 aromatic rings. The number of aromatic nitrogens is 1. The number of nitro groups is 1. The van der Waals surface area contributed by atoms with E-state index in [1.54, 1.807) is 58.5 Å². The van der Waals surface area contributed by atoms with Crippen molar-refractivity contribution in [2.75, 3.05) is 4.31 Å². The normalized spacial score (nSPS) is 11.6. The maximum Gasteiger partial charge on any atom is 0.279 e. The molecule has 7 nitrogen and oxygen atoms in total. The maximum atomic E-state index is 13.8. The molecule has 0 unspecified atom stereocenters. The number of fused-ring (bicyclic) bond motifs is 1. The minimum atomic E-state index is -4.00. The third kappa shape index (κ3) is 4.03. The zero-order chi connectivity index (χ0) is 23.0. The fraction of sp³-hybridized carbons (Fsp3) is 0.0476. The highest BCUT2D eigenvalue weighted by molar-refractivity contribution is 14.1. The van der Waals surface area contributed by atoms with E-state index >= 15 is 0 Å². The van der Waals surface area contributed by atoms with Gasteiger partial charge in [0, 0.05) is 32.7 Å². The first-order valence-corrected chi connectivity index (χ1v) is 12.9. The zero-order valence-electron chi connectivity index (χ0n) is 16.3. The summed E-state index contributed by atoms with van der Waals surface area (Å²) in [5.74, 6) is 0.342. The van der Waals surface area contributed by atoms with Crippen LogP contribution in [-0.2, 0) is 16.6 Å². The van der Waals surface area contributed by atoms with Gasteiger partial charge in [0.1, 0.15) is 10.0 Å². The second-order valence-electron chi connectivity index (χ2n) is 6.70. The van der Waals surface area contributed by atoms with Crippen molar-refractivity contribution in [3.05, 3.63) is 91.3 Å². The Morgan fingerprint density at radius 3 is 2.62 bits per heavy atom. The Balaban J connectivity index is 2.06. The maximum absolute atomic E-state index is 13.8. The summed E-state index contributed by atoms with van der Waals surface area (Å²) in [6.07, 6.45) is 1.65. The smallest absolute Gasteiger partial charge is 0.279 e. The van der Waals surface area contributed by atoms with Gasteiger partial charge in [-0.2, -0.15) is 8.42 Å². The first-order chi connectivity index (χ1) is 15.2. The number of hydrogen-bond donors (Lipinski definition) is 0. The number of sulfonamides is 1. The Kier molecular flexibility index (Phi) is 6.30. The summed E-state index contributed by atoms with van der Waals surface area (Å²) in [6, 6.07) is 14.3. The van der Waals surface area contributed by atoms with Crippen LogP contribution < -0.4 is 4.31 Å². The average Bonchev–Trinajstić information content (AvgIpc) is 3.39. The summed E-state index contributed by atoms with van der Waals surface area (Å²) in [4.78, 5) is 10.8. The van der Waals surface area contributed by atoms with E-state index in [1.165, 1.54) is 16.4 Å². The van der Waals surface area contributed by atoms with Gasteiger partial charge in [0.05, 0.1) is 16.1 Å². The number of nitro benzene ring substituents is 1. The quantitative estimate of drug-likeness (QED) is 0.104. The molecule has 2 aromatic carbocycles. The minimum absolute atomic E-state index is 0.0754. The summed E-state index contributed by atoms with van der Waals surface area (Å²) in [6.45, 7) is 4.09. The van der Waals surface area contributed by atoms with E-state index in [9.17, 15) is 18.5 Å². The highest BCUT2D eigenvalue weighted by atomic mass is 127. The molecule has 0 saturated carbocycles. The number of nitrogens with zero attached hydrogens (tertiary/aromatic N) is 3. The van der Waals surface area contributed by atoms with Crippen molar-refractivity contribution in [1.82, 2.24) is 4.57 Å². The van der Waals surface area contributed by atoms with Crippen LogP contribution in [0.1, 0.15) is 0 Å². The van der Waals surface area contributed by atoms with Gasteiger partial charge in [-0.1, -0.05) is 23.7 Å². The number of non-ortho nitro benzene ring substituents is 1. The van der Waals surface area contributed by atoms with E-state index in [0.29, 0.717) is 37.5 Å². The van der Waals surface area contributed by atoms with Gasteiger partial charge in [-0.05, 0) is 64.4 Å². The van der Waals surface area contributed by atoms with Gasteiger partial charge in [-0.3, -0.25) is 10.1 Å². The molecule has 4 rings (SSSR count). The summed E-state index contributed by atoms with van der Waals surface area (Å²) >= 11 is 9.28. The zero-order valence-corrected chi connectivity index (χ0v) is 20.9. The second-order valence-corrected chi connectivity index (χ2v) is 11.3. The number of halogens is 2. The summed E-state index contributed by atoms with van der Waals surface area (Å²) in [7, 11) is -4.00. The van der Waals surface area contributed by atoms with Crippen LogP contribution >= 0.6 is 45.5 Å². The lowest BCUT2D eigenvalue weighted by Crippen LogP contribution is -2.28. The van der Waals surface area contributed by atoms with E-state index in [0.717, 1.165) is 11.3 Å². The van der Waals surface area contributed by atoms with Crippen molar-refractivity contribution < 1.29 is 13.3 Å². The molecule has 0 bridgehead atoms. The van der Waals surface area contributed by atoms with Crippen LogP contribution in [0.3, 0.4) is 0 Å². The van der Waals surface area contributed by atoms with E-state index in [4.69, 9.17) is 11.6 Å². The van der Waals surface area contributed by atoms with Crippen LogP contribution in [0.25, 0.3) is 10.9 Å². The molecule has 164 valence electrons. The molecule has 0 atom stereocenters. The average molecular weight is 600 g/mol. The molecule has 32 heavy (non-hydrogen) atoms. The van der Waals surface area contributed by atoms with Crippen LogP contribution in [0.15, 0.2) is 76.8 Å². The molecule has 0 N–H and O–H groups in total. The van der Waals surface area contributed by atoms with Crippen LogP contribution in [0.4, 0.5) is 17.2 Å². The molecule has 0 amide bonds.